The van der Waals surface area contributed by atoms with Crippen molar-refractivity contribution >= 4 is 5.91 Å². The zero-order valence-corrected chi connectivity index (χ0v) is 12.0. The number of amides is 1. The highest BCUT2D eigenvalue weighted by Crippen LogP contribution is 2.17. The van der Waals surface area contributed by atoms with Crippen molar-refractivity contribution in [3.8, 4) is 5.75 Å². The third kappa shape index (κ3) is 4.05. The number of ether oxygens (including phenoxy) is 1. The van der Waals surface area contributed by atoms with Crippen LogP contribution in [0.15, 0.2) is 41.0 Å². The van der Waals surface area contributed by atoms with Gasteiger partial charge in [-0.05, 0) is 23.8 Å². The standard InChI is InChI=1S/C15H16F2N2O3/c1-19(14(20)11-6-13(7-18)21-9-11)8-10-2-4-12(5-3-10)22-15(16)17/h2-6,9,15H,7-8,18H2,1H3. The zero-order valence-electron chi connectivity index (χ0n) is 12.0. The molecule has 5 nitrogen and oxygen atoms in total. The monoisotopic (exact) mass is 310 g/mol. The summed E-state index contributed by atoms with van der Waals surface area (Å²) in [6, 6.07) is 7.72. The van der Waals surface area contributed by atoms with Crippen LogP contribution in [0.25, 0.3) is 0 Å². The Morgan fingerprint density at radius 3 is 2.59 bits per heavy atom. The summed E-state index contributed by atoms with van der Waals surface area (Å²) in [6.45, 7) is -2.30. The Balaban J connectivity index is 1.98. The first-order chi connectivity index (χ1) is 10.5. The van der Waals surface area contributed by atoms with Crippen LogP contribution in [0.2, 0.25) is 0 Å². The molecule has 0 saturated carbocycles. The third-order valence-corrected chi connectivity index (χ3v) is 3.02. The molecule has 1 aromatic heterocycles. The molecule has 118 valence electrons. The van der Waals surface area contributed by atoms with Gasteiger partial charge in [0, 0.05) is 13.6 Å². The van der Waals surface area contributed by atoms with E-state index in [0.29, 0.717) is 17.9 Å². The molecule has 1 aromatic carbocycles. The molecule has 0 aliphatic rings. The molecule has 1 heterocycles. The molecular formula is C15H16F2N2O3. The lowest BCUT2D eigenvalue weighted by molar-refractivity contribution is -0.0498. The van der Waals surface area contributed by atoms with E-state index in [-0.39, 0.29) is 18.2 Å². The summed E-state index contributed by atoms with van der Waals surface area (Å²) in [4.78, 5) is 13.7. The lowest BCUT2D eigenvalue weighted by Gasteiger charge is -2.16. The van der Waals surface area contributed by atoms with E-state index in [1.807, 2.05) is 0 Å². The highest BCUT2D eigenvalue weighted by molar-refractivity contribution is 5.93. The van der Waals surface area contributed by atoms with Crippen LogP contribution in [-0.4, -0.2) is 24.5 Å². The number of benzene rings is 1. The van der Waals surface area contributed by atoms with Crippen LogP contribution in [0.3, 0.4) is 0 Å². The van der Waals surface area contributed by atoms with E-state index in [0.717, 1.165) is 5.56 Å². The summed E-state index contributed by atoms with van der Waals surface area (Å²) in [6.07, 6.45) is 1.36. The van der Waals surface area contributed by atoms with Crippen molar-refractivity contribution in [1.82, 2.24) is 4.90 Å². The van der Waals surface area contributed by atoms with Gasteiger partial charge in [0.05, 0.1) is 12.1 Å². The van der Waals surface area contributed by atoms with E-state index in [1.54, 1.807) is 25.2 Å². The van der Waals surface area contributed by atoms with E-state index in [1.165, 1.54) is 23.3 Å². The maximum atomic E-state index is 12.2. The van der Waals surface area contributed by atoms with E-state index in [2.05, 4.69) is 4.74 Å². The van der Waals surface area contributed by atoms with Crippen LogP contribution in [0.4, 0.5) is 8.78 Å². The highest BCUT2D eigenvalue weighted by Gasteiger charge is 2.15. The number of hydrogen-bond acceptors (Lipinski definition) is 4. The summed E-state index contributed by atoms with van der Waals surface area (Å²) in [5.41, 5.74) is 6.64. The fourth-order valence-corrected chi connectivity index (χ4v) is 1.94. The minimum atomic E-state index is -2.85. The van der Waals surface area contributed by atoms with Gasteiger partial charge < -0.3 is 19.8 Å². The van der Waals surface area contributed by atoms with Crippen LogP contribution in [-0.2, 0) is 13.1 Å². The Bertz CT molecular complexity index is 626. The molecule has 0 spiro atoms. The predicted octanol–water partition coefficient (Wildman–Crippen LogP) is 2.61. The molecule has 1 amide bonds. The van der Waals surface area contributed by atoms with E-state index >= 15 is 0 Å². The molecule has 0 fully saturated rings. The smallest absolute Gasteiger partial charge is 0.387 e. The Morgan fingerprint density at radius 1 is 1.36 bits per heavy atom. The van der Waals surface area contributed by atoms with Gasteiger partial charge in [0.1, 0.15) is 17.8 Å². The van der Waals surface area contributed by atoms with Crippen molar-refractivity contribution in [2.45, 2.75) is 19.7 Å². The summed E-state index contributed by atoms with van der Waals surface area (Å²) in [7, 11) is 1.64. The number of alkyl halides is 2. The van der Waals surface area contributed by atoms with Gasteiger partial charge in [-0.25, -0.2) is 0 Å². The Kier molecular flexibility index (Phi) is 5.11. The van der Waals surface area contributed by atoms with Crippen molar-refractivity contribution in [2.75, 3.05) is 7.05 Å². The Labute approximate surface area is 126 Å². The molecule has 2 N–H and O–H groups in total. The van der Waals surface area contributed by atoms with Gasteiger partial charge in [0.15, 0.2) is 0 Å². The fourth-order valence-electron chi connectivity index (χ4n) is 1.94. The van der Waals surface area contributed by atoms with Crippen LogP contribution in [0.5, 0.6) is 5.75 Å². The van der Waals surface area contributed by atoms with Gasteiger partial charge >= 0.3 is 6.61 Å². The summed E-state index contributed by atoms with van der Waals surface area (Å²) in [5, 5.41) is 0. The van der Waals surface area contributed by atoms with Crippen LogP contribution < -0.4 is 10.5 Å². The van der Waals surface area contributed by atoms with Gasteiger partial charge in [0.25, 0.3) is 5.91 Å². The molecule has 0 unspecified atom stereocenters. The second-order valence-electron chi connectivity index (χ2n) is 4.69. The number of nitrogens with zero attached hydrogens (tertiary/aromatic N) is 1. The molecule has 0 aliphatic heterocycles. The number of carbonyl (C=O) groups excluding carboxylic acids is 1. The quantitative estimate of drug-likeness (QED) is 0.890. The van der Waals surface area contributed by atoms with Crippen LogP contribution in [0.1, 0.15) is 21.7 Å². The first-order valence-corrected chi connectivity index (χ1v) is 6.56. The number of rotatable bonds is 6. The largest absolute Gasteiger partial charge is 0.467 e. The normalized spacial score (nSPS) is 10.8. The molecule has 2 rings (SSSR count). The maximum Gasteiger partial charge on any atom is 0.387 e. The topological polar surface area (TPSA) is 68.7 Å². The molecule has 0 radical (unpaired) electrons. The summed E-state index contributed by atoms with van der Waals surface area (Å²) in [5.74, 6) is 0.400. The fraction of sp³-hybridized carbons (Fsp3) is 0.267. The zero-order chi connectivity index (χ0) is 16.1. The number of nitrogens with two attached hydrogens (primary N) is 1. The van der Waals surface area contributed by atoms with E-state index in [4.69, 9.17) is 10.2 Å². The summed E-state index contributed by atoms with van der Waals surface area (Å²) >= 11 is 0. The lowest BCUT2D eigenvalue weighted by atomic mass is 10.2. The van der Waals surface area contributed by atoms with E-state index in [9.17, 15) is 13.6 Å². The molecule has 22 heavy (non-hydrogen) atoms. The van der Waals surface area contributed by atoms with Crippen molar-refractivity contribution < 1.29 is 22.7 Å². The highest BCUT2D eigenvalue weighted by atomic mass is 19.3. The third-order valence-electron chi connectivity index (χ3n) is 3.02. The number of carbonyl (C=O) groups is 1. The molecule has 0 atom stereocenters. The van der Waals surface area contributed by atoms with Crippen molar-refractivity contribution in [3.05, 3.63) is 53.5 Å². The van der Waals surface area contributed by atoms with Gasteiger partial charge in [-0.3, -0.25) is 4.79 Å². The maximum absolute atomic E-state index is 12.2. The first kappa shape index (κ1) is 16.0. The minimum Gasteiger partial charge on any atom is -0.467 e. The predicted molar refractivity (Wildman–Crippen MR) is 75.5 cm³/mol. The van der Waals surface area contributed by atoms with Gasteiger partial charge in [-0.1, -0.05) is 12.1 Å². The molecule has 0 saturated heterocycles. The van der Waals surface area contributed by atoms with Crippen LogP contribution in [0, 0.1) is 0 Å². The Hall–Kier alpha value is -2.41. The average molecular weight is 310 g/mol. The van der Waals surface area contributed by atoms with Crippen LogP contribution >= 0.6 is 0 Å². The average Bonchev–Trinajstić information content (AvgIpc) is 2.97. The SMILES string of the molecule is CN(Cc1ccc(OC(F)F)cc1)C(=O)c1coc(CN)c1. The lowest BCUT2D eigenvalue weighted by Crippen LogP contribution is -2.25. The molecule has 0 bridgehead atoms. The first-order valence-electron chi connectivity index (χ1n) is 6.56. The summed E-state index contributed by atoms with van der Waals surface area (Å²) < 4.78 is 33.5. The number of furan rings is 1. The molecule has 0 aliphatic carbocycles. The van der Waals surface area contributed by atoms with E-state index < -0.39 is 6.61 Å². The molecule has 2 aromatic rings. The Morgan fingerprint density at radius 2 is 2.05 bits per heavy atom. The second kappa shape index (κ2) is 7.04. The minimum absolute atomic E-state index is 0.0788. The van der Waals surface area contributed by atoms with Gasteiger partial charge in [0.2, 0.25) is 0 Å². The van der Waals surface area contributed by atoms with Crippen molar-refractivity contribution in [1.29, 1.82) is 0 Å². The second-order valence-corrected chi connectivity index (χ2v) is 4.69. The molecular weight excluding hydrogens is 294 g/mol. The number of halogens is 2. The molecule has 7 heteroatoms. The number of hydrogen-bond donors (Lipinski definition) is 1. The van der Waals surface area contributed by atoms with Gasteiger partial charge in [-0.2, -0.15) is 8.78 Å². The van der Waals surface area contributed by atoms with Crippen molar-refractivity contribution in [2.24, 2.45) is 5.73 Å². The van der Waals surface area contributed by atoms with Crippen molar-refractivity contribution in [3.63, 3.8) is 0 Å². The van der Waals surface area contributed by atoms with Gasteiger partial charge in [-0.15, -0.1) is 0 Å².